The van der Waals surface area contributed by atoms with Gasteiger partial charge in [-0.3, -0.25) is 10.2 Å². The summed E-state index contributed by atoms with van der Waals surface area (Å²) in [4.78, 5) is 40.1. The average molecular weight is 507 g/mol. The Balaban J connectivity index is 1.83. The molecule has 0 radical (unpaired) electrons. The number of rotatable bonds is 7. The Labute approximate surface area is 202 Å². The highest BCUT2D eigenvalue weighted by molar-refractivity contribution is 6.44. The molecule has 1 fully saturated rings. The van der Waals surface area contributed by atoms with E-state index in [4.69, 9.17) is 43.7 Å². The van der Waals surface area contributed by atoms with Crippen LogP contribution in [-0.2, 0) is 14.3 Å². The molecule has 0 saturated carbocycles. The van der Waals surface area contributed by atoms with Gasteiger partial charge in [0.2, 0.25) is 17.5 Å². The second-order valence-electron chi connectivity index (χ2n) is 6.61. The van der Waals surface area contributed by atoms with Crippen LogP contribution in [0.2, 0.25) is 10.0 Å². The van der Waals surface area contributed by atoms with Crippen molar-refractivity contribution in [1.29, 1.82) is 5.26 Å². The Hall–Kier alpha value is -4.08. The molecule has 1 aromatic heterocycles. The fourth-order valence-electron chi connectivity index (χ4n) is 2.95. The number of halogens is 2. The number of nitrogens with two attached hydrogens (primary N) is 1. The van der Waals surface area contributed by atoms with Gasteiger partial charge in [0.1, 0.15) is 17.5 Å². The number of hydrogen-bond donors (Lipinski definition) is 2. The molecule has 34 heavy (non-hydrogen) atoms. The lowest BCUT2D eigenvalue weighted by Gasteiger charge is -2.19. The number of amides is 2. The second kappa shape index (κ2) is 10.7. The molecule has 0 unspecified atom stereocenters. The number of hydrazone groups is 1. The number of anilines is 2. The van der Waals surface area contributed by atoms with Gasteiger partial charge in [-0.1, -0.05) is 23.2 Å². The van der Waals surface area contributed by atoms with Gasteiger partial charge in [0, 0.05) is 19.0 Å². The third-order valence-corrected chi connectivity index (χ3v) is 4.93. The van der Waals surface area contributed by atoms with E-state index in [1.165, 1.54) is 31.5 Å². The topological polar surface area (TPSA) is 169 Å². The van der Waals surface area contributed by atoms with Crippen LogP contribution in [-0.4, -0.2) is 42.3 Å². The van der Waals surface area contributed by atoms with Crippen LogP contribution in [0.4, 0.5) is 16.2 Å². The number of nitriles is 1. The quantitative estimate of drug-likeness (QED) is 0.247. The van der Waals surface area contributed by atoms with Crippen molar-refractivity contribution in [2.75, 3.05) is 24.0 Å². The van der Waals surface area contributed by atoms with Gasteiger partial charge in [0.25, 0.3) is 0 Å². The van der Waals surface area contributed by atoms with Crippen molar-refractivity contribution in [2.45, 2.75) is 12.8 Å². The molecule has 14 heteroatoms. The highest BCUT2D eigenvalue weighted by atomic mass is 35.5. The molecule has 1 aliphatic rings. The van der Waals surface area contributed by atoms with Crippen LogP contribution in [0.1, 0.15) is 12.8 Å². The molecule has 1 aromatic carbocycles. The summed E-state index contributed by atoms with van der Waals surface area (Å²) in [6.45, 7) is 0.528. The molecular weight excluding hydrogens is 491 g/mol. The number of nitrogens with one attached hydrogen (secondary N) is 1. The summed E-state index contributed by atoms with van der Waals surface area (Å²) < 4.78 is 15.1. The van der Waals surface area contributed by atoms with Crippen molar-refractivity contribution in [3.05, 3.63) is 34.4 Å². The Morgan fingerprint density at radius 2 is 2.00 bits per heavy atom. The summed E-state index contributed by atoms with van der Waals surface area (Å²) in [5, 5.41) is 12.6. The minimum absolute atomic E-state index is 0.0537. The molecule has 0 bridgehead atoms. The van der Waals surface area contributed by atoms with Gasteiger partial charge < -0.3 is 24.8 Å². The molecule has 2 heterocycles. The first-order valence-corrected chi connectivity index (χ1v) is 10.3. The summed E-state index contributed by atoms with van der Waals surface area (Å²) in [5.74, 6) is -0.795. The molecule has 176 valence electrons. The molecule has 3 N–H and O–H groups in total. The molecule has 0 spiro atoms. The van der Waals surface area contributed by atoms with E-state index in [0.29, 0.717) is 18.7 Å². The number of pyridine rings is 1. The first-order valence-electron chi connectivity index (χ1n) is 9.50. The summed E-state index contributed by atoms with van der Waals surface area (Å²) >= 11 is 12.6. The number of esters is 1. The third-order valence-electron chi connectivity index (χ3n) is 4.37. The van der Waals surface area contributed by atoms with Crippen LogP contribution < -0.4 is 25.5 Å². The summed E-state index contributed by atoms with van der Waals surface area (Å²) in [6, 6.07) is 5.77. The first kappa shape index (κ1) is 24.6. The molecule has 1 aliphatic heterocycles. The lowest BCUT2D eigenvalue weighted by Crippen LogP contribution is -2.24. The van der Waals surface area contributed by atoms with Gasteiger partial charge in [-0.25, -0.2) is 14.6 Å². The maximum Gasteiger partial charge on any atom is 0.412 e. The zero-order valence-electron chi connectivity index (χ0n) is 17.5. The standard InChI is InChI=1S/C20H16Cl2N6O6/c1-32-18-15(28-4-2-3-16(28)29)7-11(9-25-18)33-17-12(21)5-10(6-13(17)22)26-27-14(8-23)19(30)34-20(24)31/h5-7,9,26H,2-4H2,1H3,(H2,24,31). The van der Waals surface area contributed by atoms with Crippen molar-refractivity contribution in [2.24, 2.45) is 10.8 Å². The van der Waals surface area contributed by atoms with Crippen LogP contribution in [0.5, 0.6) is 17.4 Å². The SMILES string of the molecule is COc1ncc(Oc2c(Cl)cc(NN=C(C#N)C(=O)OC(N)=O)cc2Cl)cc1N1CCCC1=O. The molecule has 0 atom stereocenters. The highest BCUT2D eigenvalue weighted by Crippen LogP contribution is 2.40. The number of aromatic nitrogens is 1. The van der Waals surface area contributed by atoms with Gasteiger partial charge >= 0.3 is 12.1 Å². The van der Waals surface area contributed by atoms with Crippen molar-refractivity contribution < 1.29 is 28.6 Å². The van der Waals surface area contributed by atoms with Gasteiger partial charge in [0.15, 0.2) is 5.75 Å². The number of carbonyl (C=O) groups is 3. The minimum atomic E-state index is -1.38. The number of hydrogen-bond acceptors (Lipinski definition) is 10. The van der Waals surface area contributed by atoms with Crippen LogP contribution in [0.3, 0.4) is 0 Å². The molecule has 0 aliphatic carbocycles. The fraction of sp³-hybridized carbons (Fsp3) is 0.200. The van der Waals surface area contributed by atoms with Crippen LogP contribution in [0.15, 0.2) is 29.5 Å². The third kappa shape index (κ3) is 5.64. The molecule has 1 saturated heterocycles. The van der Waals surface area contributed by atoms with Crippen molar-refractivity contribution in [3.63, 3.8) is 0 Å². The van der Waals surface area contributed by atoms with Gasteiger partial charge in [0.05, 0.1) is 29.0 Å². The van der Waals surface area contributed by atoms with Gasteiger partial charge in [-0.15, -0.1) is 0 Å². The summed E-state index contributed by atoms with van der Waals surface area (Å²) in [5.41, 5.74) is 7.02. The van der Waals surface area contributed by atoms with E-state index in [1.54, 1.807) is 11.0 Å². The smallest absolute Gasteiger partial charge is 0.412 e. The zero-order valence-corrected chi connectivity index (χ0v) is 19.0. The van der Waals surface area contributed by atoms with E-state index in [-0.39, 0.29) is 39.0 Å². The fourth-order valence-corrected chi connectivity index (χ4v) is 3.51. The maximum absolute atomic E-state index is 12.2. The van der Waals surface area contributed by atoms with Gasteiger partial charge in [-0.05, 0) is 18.6 Å². The zero-order chi connectivity index (χ0) is 24.8. The Kier molecular flexibility index (Phi) is 7.72. The Morgan fingerprint density at radius 1 is 1.29 bits per heavy atom. The first-order chi connectivity index (χ1) is 16.2. The van der Waals surface area contributed by atoms with E-state index in [2.05, 4.69) is 20.2 Å². The molecule has 2 aromatic rings. The van der Waals surface area contributed by atoms with Crippen LogP contribution >= 0.6 is 23.2 Å². The average Bonchev–Trinajstić information content (AvgIpc) is 3.21. The Bertz CT molecular complexity index is 1210. The number of methoxy groups -OCH3 is 1. The van der Waals surface area contributed by atoms with Crippen molar-refractivity contribution in [3.8, 4) is 23.4 Å². The number of benzene rings is 1. The summed E-state index contributed by atoms with van der Waals surface area (Å²) in [6.07, 6.45) is 1.15. The second-order valence-corrected chi connectivity index (χ2v) is 7.43. The predicted molar refractivity (Wildman–Crippen MR) is 121 cm³/mol. The van der Waals surface area contributed by atoms with E-state index >= 15 is 0 Å². The van der Waals surface area contributed by atoms with E-state index in [1.807, 2.05) is 0 Å². The predicted octanol–water partition coefficient (Wildman–Crippen LogP) is 3.23. The Morgan fingerprint density at radius 3 is 2.56 bits per heavy atom. The van der Waals surface area contributed by atoms with Gasteiger partial charge in [-0.2, -0.15) is 10.4 Å². The van der Waals surface area contributed by atoms with E-state index in [0.717, 1.165) is 6.42 Å². The lowest BCUT2D eigenvalue weighted by molar-refractivity contribution is -0.129. The number of carbonyl (C=O) groups excluding carboxylic acids is 3. The largest absolute Gasteiger partial charge is 0.480 e. The monoisotopic (exact) mass is 506 g/mol. The van der Waals surface area contributed by atoms with Crippen molar-refractivity contribution >= 4 is 58.3 Å². The highest BCUT2D eigenvalue weighted by Gasteiger charge is 2.26. The van der Waals surface area contributed by atoms with E-state index < -0.39 is 17.8 Å². The number of ether oxygens (including phenoxy) is 3. The summed E-state index contributed by atoms with van der Waals surface area (Å²) in [7, 11) is 1.44. The number of primary amides is 1. The normalized spacial score (nSPS) is 13.3. The molecule has 12 nitrogen and oxygen atoms in total. The molecule has 3 rings (SSSR count). The van der Waals surface area contributed by atoms with Crippen LogP contribution in [0.25, 0.3) is 0 Å². The minimum Gasteiger partial charge on any atom is -0.480 e. The molecule has 2 amide bonds. The lowest BCUT2D eigenvalue weighted by atomic mass is 10.3. The number of nitrogens with zero attached hydrogens (tertiary/aromatic N) is 4. The van der Waals surface area contributed by atoms with Crippen LogP contribution in [0, 0.1) is 11.3 Å². The maximum atomic E-state index is 12.2. The van der Waals surface area contributed by atoms with Crippen molar-refractivity contribution in [1.82, 2.24) is 4.98 Å². The van der Waals surface area contributed by atoms with E-state index in [9.17, 15) is 14.4 Å². The molecular formula is C20H16Cl2N6O6.